The smallest absolute Gasteiger partial charge is 0.249 e. The van der Waals surface area contributed by atoms with Gasteiger partial charge >= 0.3 is 0 Å². The van der Waals surface area contributed by atoms with Crippen molar-refractivity contribution in [1.29, 1.82) is 0 Å². The monoisotopic (exact) mass is 434 g/mol. The van der Waals surface area contributed by atoms with E-state index in [1.54, 1.807) is 56.8 Å². The first-order valence-electron chi connectivity index (χ1n) is 9.93. The maximum absolute atomic E-state index is 13.0. The van der Waals surface area contributed by atoms with Gasteiger partial charge in [-0.2, -0.15) is 5.10 Å². The second-order valence-electron chi connectivity index (χ2n) is 7.31. The summed E-state index contributed by atoms with van der Waals surface area (Å²) in [4.78, 5) is 36.8. The second kappa shape index (κ2) is 8.54. The van der Waals surface area contributed by atoms with Crippen LogP contribution in [0.1, 0.15) is 29.7 Å². The number of anilines is 2. The van der Waals surface area contributed by atoms with E-state index in [1.165, 1.54) is 11.6 Å². The lowest BCUT2D eigenvalue weighted by Crippen LogP contribution is -2.35. The number of Topliss-reactive ketones (excluding diaryl/α,β-unsaturated/α-hetero) is 1. The van der Waals surface area contributed by atoms with E-state index in [0.717, 1.165) is 5.56 Å². The zero-order chi connectivity index (χ0) is 22.8. The summed E-state index contributed by atoms with van der Waals surface area (Å²) >= 11 is 0. The Hall–Kier alpha value is -4.14. The van der Waals surface area contributed by atoms with Gasteiger partial charge in [-0.25, -0.2) is 4.68 Å². The van der Waals surface area contributed by atoms with Gasteiger partial charge in [-0.15, -0.1) is 0 Å². The minimum absolute atomic E-state index is 0.0442. The molecule has 0 bridgehead atoms. The molecule has 32 heavy (non-hydrogen) atoms. The predicted molar refractivity (Wildman–Crippen MR) is 118 cm³/mol. The molecule has 1 aliphatic heterocycles. The average molecular weight is 434 g/mol. The topological polar surface area (TPSA) is 112 Å². The highest BCUT2D eigenvalue weighted by Gasteiger charge is 2.33. The highest BCUT2D eigenvalue weighted by molar-refractivity contribution is 6.03. The van der Waals surface area contributed by atoms with Crippen molar-refractivity contribution in [1.82, 2.24) is 9.78 Å². The summed E-state index contributed by atoms with van der Waals surface area (Å²) in [7, 11) is 3.09. The number of ether oxygens (including phenoxy) is 2. The molecule has 1 aromatic heterocycles. The van der Waals surface area contributed by atoms with E-state index >= 15 is 0 Å². The molecule has 2 heterocycles. The molecule has 3 aromatic rings. The molecule has 2 amide bonds. The molecule has 0 saturated heterocycles. The van der Waals surface area contributed by atoms with E-state index in [2.05, 4.69) is 15.7 Å². The van der Waals surface area contributed by atoms with Crippen molar-refractivity contribution in [3.8, 4) is 22.6 Å². The van der Waals surface area contributed by atoms with Crippen LogP contribution in [0, 0.1) is 0 Å². The summed E-state index contributed by atoms with van der Waals surface area (Å²) in [5, 5.41) is 9.98. The SMILES string of the molecule is COc1ccc(-c2cnn3c2NC(=O)C[C@H]3C(=O)Nc2ccc(C(C)=O)cc2)cc1OC. The van der Waals surface area contributed by atoms with Gasteiger partial charge in [0.25, 0.3) is 0 Å². The van der Waals surface area contributed by atoms with Crippen molar-refractivity contribution in [3.05, 3.63) is 54.2 Å². The zero-order valence-electron chi connectivity index (χ0n) is 17.8. The minimum Gasteiger partial charge on any atom is -0.493 e. The lowest BCUT2D eigenvalue weighted by molar-refractivity contribution is -0.125. The number of rotatable bonds is 6. The van der Waals surface area contributed by atoms with E-state index in [4.69, 9.17) is 9.47 Å². The zero-order valence-corrected chi connectivity index (χ0v) is 17.8. The molecule has 0 saturated carbocycles. The molecule has 1 aliphatic rings. The fraction of sp³-hybridized carbons (Fsp3) is 0.217. The number of nitrogens with one attached hydrogen (secondary N) is 2. The fourth-order valence-electron chi connectivity index (χ4n) is 3.60. The van der Waals surface area contributed by atoms with Crippen LogP contribution >= 0.6 is 0 Å². The quantitative estimate of drug-likeness (QED) is 0.576. The van der Waals surface area contributed by atoms with Crippen molar-refractivity contribution in [2.24, 2.45) is 0 Å². The molecule has 0 fully saturated rings. The van der Waals surface area contributed by atoms with Crippen molar-refractivity contribution < 1.29 is 23.9 Å². The molecule has 1 atom stereocenters. The summed E-state index contributed by atoms with van der Waals surface area (Å²) in [5.74, 6) is 0.825. The minimum atomic E-state index is -0.819. The summed E-state index contributed by atoms with van der Waals surface area (Å²) < 4.78 is 12.1. The van der Waals surface area contributed by atoms with Gasteiger partial charge < -0.3 is 20.1 Å². The normalized spacial score (nSPS) is 14.8. The standard InChI is InChI=1S/C23H22N4O5/c1-13(28)14-4-7-16(8-5-14)25-23(30)18-11-21(29)26-22-17(12-24-27(18)22)15-6-9-19(31-2)20(10-15)32-3/h4-10,12,18H,11H2,1-3H3,(H,25,30)(H,26,29)/t18-/m0/s1. The largest absolute Gasteiger partial charge is 0.493 e. The third-order valence-corrected chi connectivity index (χ3v) is 5.28. The van der Waals surface area contributed by atoms with Crippen LogP contribution in [0.2, 0.25) is 0 Å². The van der Waals surface area contributed by atoms with Crippen molar-refractivity contribution in [2.75, 3.05) is 24.9 Å². The number of hydrogen-bond donors (Lipinski definition) is 2. The molecular formula is C23H22N4O5. The number of benzene rings is 2. The van der Waals surface area contributed by atoms with E-state index in [-0.39, 0.29) is 24.0 Å². The third-order valence-electron chi connectivity index (χ3n) is 5.28. The second-order valence-corrected chi connectivity index (χ2v) is 7.31. The van der Waals surface area contributed by atoms with Gasteiger partial charge in [-0.3, -0.25) is 14.4 Å². The van der Waals surface area contributed by atoms with Crippen LogP contribution in [0.5, 0.6) is 11.5 Å². The molecule has 2 aromatic carbocycles. The average Bonchev–Trinajstić information content (AvgIpc) is 3.22. The van der Waals surface area contributed by atoms with Gasteiger partial charge in [0.1, 0.15) is 11.9 Å². The Morgan fingerprint density at radius 3 is 2.47 bits per heavy atom. The highest BCUT2D eigenvalue weighted by atomic mass is 16.5. The number of carbonyl (C=O) groups is 3. The van der Waals surface area contributed by atoms with Gasteiger partial charge in [-0.1, -0.05) is 6.07 Å². The number of aromatic nitrogens is 2. The maximum atomic E-state index is 13.0. The summed E-state index contributed by atoms with van der Waals surface area (Å²) in [6, 6.07) is 11.1. The number of ketones is 1. The van der Waals surface area contributed by atoms with E-state index in [1.807, 2.05) is 6.07 Å². The van der Waals surface area contributed by atoms with E-state index in [0.29, 0.717) is 34.1 Å². The first-order chi connectivity index (χ1) is 15.4. The number of carbonyl (C=O) groups excluding carboxylic acids is 3. The lowest BCUT2D eigenvalue weighted by Gasteiger charge is -2.24. The molecule has 0 aliphatic carbocycles. The van der Waals surface area contributed by atoms with Crippen molar-refractivity contribution in [2.45, 2.75) is 19.4 Å². The van der Waals surface area contributed by atoms with Crippen LogP contribution in [0.15, 0.2) is 48.7 Å². The van der Waals surface area contributed by atoms with Crippen LogP contribution in [0.3, 0.4) is 0 Å². The Balaban J connectivity index is 1.63. The molecule has 4 rings (SSSR count). The number of hydrogen-bond acceptors (Lipinski definition) is 6. The molecular weight excluding hydrogens is 412 g/mol. The van der Waals surface area contributed by atoms with Gasteiger partial charge in [-0.05, 0) is 48.9 Å². The summed E-state index contributed by atoms with van der Waals surface area (Å²) in [5.41, 5.74) is 2.49. The highest BCUT2D eigenvalue weighted by Crippen LogP contribution is 2.38. The number of methoxy groups -OCH3 is 2. The van der Waals surface area contributed by atoms with Crippen LogP contribution in [0.25, 0.3) is 11.1 Å². The van der Waals surface area contributed by atoms with Crippen molar-refractivity contribution in [3.63, 3.8) is 0 Å². The van der Waals surface area contributed by atoms with E-state index < -0.39 is 6.04 Å². The molecule has 164 valence electrons. The number of fused-ring (bicyclic) bond motifs is 1. The van der Waals surface area contributed by atoms with Gasteiger partial charge in [0.05, 0.1) is 26.8 Å². The molecule has 0 spiro atoms. The van der Waals surface area contributed by atoms with Crippen molar-refractivity contribution >= 4 is 29.1 Å². The van der Waals surface area contributed by atoms with Crippen LogP contribution in [0.4, 0.5) is 11.5 Å². The number of amides is 2. The first-order valence-corrected chi connectivity index (χ1v) is 9.93. The fourth-order valence-corrected chi connectivity index (χ4v) is 3.60. The first kappa shape index (κ1) is 21.1. The lowest BCUT2D eigenvalue weighted by atomic mass is 10.1. The van der Waals surface area contributed by atoms with Gasteiger partial charge in [0.15, 0.2) is 17.3 Å². The molecule has 0 radical (unpaired) electrons. The van der Waals surface area contributed by atoms with Crippen LogP contribution in [-0.4, -0.2) is 41.6 Å². The Bertz CT molecular complexity index is 1200. The van der Waals surface area contributed by atoms with Gasteiger partial charge in [0, 0.05) is 16.8 Å². The third kappa shape index (κ3) is 3.92. The van der Waals surface area contributed by atoms with Crippen LogP contribution in [-0.2, 0) is 9.59 Å². The molecule has 2 N–H and O–H groups in total. The Kier molecular flexibility index (Phi) is 5.63. The molecule has 0 unspecified atom stereocenters. The summed E-state index contributed by atoms with van der Waals surface area (Å²) in [6.45, 7) is 1.48. The van der Waals surface area contributed by atoms with Crippen LogP contribution < -0.4 is 20.1 Å². The molecule has 9 nitrogen and oxygen atoms in total. The predicted octanol–water partition coefficient (Wildman–Crippen LogP) is 3.29. The Morgan fingerprint density at radius 2 is 1.81 bits per heavy atom. The van der Waals surface area contributed by atoms with E-state index in [9.17, 15) is 14.4 Å². The Labute approximate surface area is 184 Å². The Morgan fingerprint density at radius 1 is 1.09 bits per heavy atom. The maximum Gasteiger partial charge on any atom is 0.249 e. The van der Waals surface area contributed by atoms with Gasteiger partial charge in [0.2, 0.25) is 11.8 Å². The number of nitrogens with zero attached hydrogens (tertiary/aromatic N) is 2. The molecule has 9 heteroatoms. The summed E-state index contributed by atoms with van der Waals surface area (Å²) in [6.07, 6.45) is 1.56.